The maximum Gasteiger partial charge on any atom is 0.263 e. The van der Waals surface area contributed by atoms with Gasteiger partial charge in [0.25, 0.3) is 10.0 Å². The van der Waals surface area contributed by atoms with Crippen LogP contribution in [0.1, 0.15) is 13.8 Å². The number of anilines is 1. The number of hydrogen-bond donors (Lipinski definition) is 1. The summed E-state index contributed by atoms with van der Waals surface area (Å²) < 4.78 is 30.2. The minimum atomic E-state index is -3.64. The fraction of sp³-hybridized carbons (Fsp3) is 0.188. The highest BCUT2D eigenvalue weighted by molar-refractivity contribution is 9.10. The summed E-state index contributed by atoms with van der Waals surface area (Å²) in [5.74, 6) is 0. The molecule has 0 aliphatic heterocycles. The third-order valence-electron chi connectivity index (χ3n) is 3.08. The molecule has 1 aromatic heterocycles. The molecule has 0 aliphatic carbocycles. The Bertz CT molecular complexity index is 984. The molecule has 8 heteroatoms. The van der Waals surface area contributed by atoms with Gasteiger partial charge in [0.05, 0.1) is 15.9 Å². The summed E-state index contributed by atoms with van der Waals surface area (Å²) >= 11 is 6.56. The predicted molar refractivity (Wildman–Crippen MR) is 106 cm³/mol. The van der Waals surface area contributed by atoms with Crippen molar-refractivity contribution in [2.75, 3.05) is 4.72 Å². The highest BCUT2D eigenvalue weighted by atomic mass is 79.9. The number of nitrogens with one attached hydrogen (secondary N) is 1. The summed E-state index contributed by atoms with van der Waals surface area (Å²) in [5.41, 5.74) is 1.41. The van der Waals surface area contributed by atoms with Gasteiger partial charge in [0.2, 0.25) is 0 Å². The quantitative estimate of drug-likeness (QED) is 0.540. The van der Waals surface area contributed by atoms with Gasteiger partial charge in [0.15, 0.2) is 4.34 Å². The third kappa shape index (κ3) is 3.93. The van der Waals surface area contributed by atoms with Gasteiger partial charge in [-0.3, -0.25) is 4.72 Å². The number of hydrogen-bond acceptors (Lipinski definition) is 5. The molecule has 3 rings (SSSR count). The predicted octanol–water partition coefficient (Wildman–Crippen LogP) is 5.36. The van der Waals surface area contributed by atoms with Gasteiger partial charge in [-0.15, -0.1) is 11.3 Å². The molecule has 1 N–H and O–H groups in total. The number of aromatic nitrogens is 1. The minimum absolute atomic E-state index is 0.213. The van der Waals surface area contributed by atoms with Crippen LogP contribution in [0.15, 0.2) is 56.2 Å². The Balaban J connectivity index is 1.91. The van der Waals surface area contributed by atoms with Crippen molar-refractivity contribution in [2.45, 2.75) is 28.3 Å². The van der Waals surface area contributed by atoms with Crippen molar-refractivity contribution in [3.8, 4) is 0 Å². The third-order valence-corrected chi connectivity index (χ3v) is 7.59. The molecule has 126 valence electrons. The van der Waals surface area contributed by atoms with Crippen LogP contribution in [0, 0.1) is 0 Å². The Morgan fingerprint density at radius 2 is 1.96 bits per heavy atom. The van der Waals surface area contributed by atoms with E-state index in [0.717, 1.165) is 14.6 Å². The topological polar surface area (TPSA) is 59.1 Å². The Hall–Kier alpha value is -1.09. The zero-order valence-electron chi connectivity index (χ0n) is 13.0. The average molecular weight is 443 g/mol. The van der Waals surface area contributed by atoms with E-state index in [1.165, 1.54) is 0 Å². The maximum absolute atomic E-state index is 12.6. The lowest BCUT2D eigenvalue weighted by molar-refractivity contribution is 0.601. The van der Waals surface area contributed by atoms with Crippen molar-refractivity contribution in [1.82, 2.24) is 4.98 Å². The lowest BCUT2D eigenvalue weighted by Gasteiger charge is -2.09. The number of sulfonamides is 1. The molecule has 1 heterocycles. The van der Waals surface area contributed by atoms with Gasteiger partial charge < -0.3 is 0 Å². The van der Waals surface area contributed by atoms with Crippen LogP contribution in [-0.2, 0) is 10.0 Å². The fourth-order valence-corrected chi connectivity index (χ4v) is 6.48. The van der Waals surface area contributed by atoms with Crippen molar-refractivity contribution in [1.29, 1.82) is 0 Å². The van der Waals surface area contributed by atoms with Gasteiger partial charge in [-0.05, 0) is 46.3 Å². The van der Waals surface area contributed by atoms with Crippen molar-refractivity contribution < 1.29 is 8.42 Å². The number of thioether (sulfide) groups is 1. The van der Waals surface area contributed by atoms with Crippen LogP contribution >= 0.6 is 39.0 Å². The summed E-state index contributed by atoms with van der Waals surface area (Å²) in [5, 5.41) is 0.457. The van der Waals surface area contributed by atoms with Crippen LogP contribution in [0.4, 0.5) is 5.69 Å². The second-order valence-corrected chi connectivity index (χ2v) is 10.7. The minimum Gasteiger partial charge on any atom is -0.280 e. The van der Waals surface area contributed by atoms with Crippen molar-refractivity contribution in [3.63, 3.8) is 0 Å². The normalized spacial score (nSPS) is 12.0. The first-order chi connectivity index (χ1) is 11.3. The summed E-state index contributed by atoms with van der Waals surface area (Å²) in [6.45, 7) is 4.24. The zero-order chi connectivity index (χ0) is 17.3. The molecule has 0 fully saturated rings. The largest absolute Gasteiger partial charge is 0.280 e. The van der Waals surface area contributed by atoms with Crippen molar-refractivity contribution >= 4 is 65.0 Å². The smallest absolute Gasteiger partial charge is 0.263 e. The molecule has 0 saturated carbocycles. The first-order valence-corrected chi connectivity index (χ1v) is 11.2. The molecule has 0 radical (unpaired) electrons. The van der Waals surface area contributed by atoms with E-state index in [1.807, 2.05) is 12.1 Å². The average Bonchev–Trinajstić information content (AvgIpc) is 2.87. The Morgan fingerprint density at radius 1 is 1.21 bits per heavy atom. The van der Waals surface area contributed by atoms with Gasteiger partial charge in [-0.2, -0.15) is 0 Å². The highest BCUT2D eigenvalue weighted by Crippen LogP contribution is 2.33. The van der Waals surface area contributed by atoms with E-state index in [1.54, 1.807) is 53.4 Å². The van der Waals surface area contributed by atoms with Crippen molar-refractivity contribution in [2.24, 2.45) is 0 Å². The van der Waals surface area contributed by atoms with Crippen molar-refractivity contribution in [3.05, 3.63) is 46.9 Å². The number of halogens is 1. The van der Waals surface area contributed by atoms with Crippen LogP contribution < -0.4 is 4.72 Å². The van der Waals surface area contributed by atoms with Crippen LogP contribution in [-0.4, -0.2) is 18.7 Å². The van der Waals surface area contributed by atoms with Gasteiger partial charge in [-0.25, -0.2) is 13.4 Å². The standard InChI is InChI=1S/C16H15BrN2O2S3/c1-10(2)22-16-18-13-8-7-11(9-14(13)23-16)19-24(20,21)15-6-4-3-5-12(15)17/h3-10,19H,1-2H3. The highest BCUT2D eigenvalue weighted by Gasteiger charge is 2.17. The van der Waals surface area contributed by atoms with E-state index in [4.69, 9.17) is 0 Å². The van der Waals surface area contributed by atoms with Gasteiger partial charge in [0, 0.05) is 9.72 Å². The summed E-state index contributed by atoms with van der Waals surface area (Å²) in [7, 11) is -3.64. The second kappa shape index (κ2) is 7.03. The fourth-order valence-electron chi connectivity index (χ4n) is 2.09. The molecule has 4 nitrogen and oxygen atoms in total. The maximum atomic E-state index is 12.6. The van der Waals surface area contributed by atoms with E-state index >= 15 is 0 Å². The van der Waals surface area contributed by atoms with Crippen LogP contribution in [0.2, 0.25) is 0 Å². The molecule has 0 amide bonds. The van der Waals surface area contributed by atoms with Crippen LogP contribution in [0.3, 0.4) is 0 Å². The lowest BCUT2D eigenvalue weighted by atomic mass is 10.3. The molecular weight excluding hydrogens is 428 g/mol. The summed E-state index contributed by atoms with van der Waals surface area (Å²) in [4.78, 5) is 4.77. The second-order valence-electron chi connectivity index (χ2n) is 5.36. The van der Waals surface area contributed by atoms with E-state index in [2.05, 4.69) is 39.5 Å². The van der Waals surface area contributed by atoms with Gasteiger partial charge in [-0.1, -0.05) is 37.7 Å². The number of nitrogens with zero attached hydrogens (tertiary/aromatic N) is 1. The summed E-state index contributed by atoms with van der Waals surface area (Å²) in [6.07, 6.45) is 0. The number of fused-ring (bicyclic) bond motifs is 1. The molecule has 2 aromatic carbocycles. The molecule has 0 bridgehead atoms. The molecule has 0 aliphatic rings. The number of benzene rings is 2. The first kappa shape index (κ1) is 17.7. The monoisotopic (exact) mass is 442 g/mol. The zero-order valence-corrected chi connectivity index (χ0v) is 17.0. The molecule has 0 atom stereocenters. The Kier molecular flexibility index (Phi) is 5.19. The van der Waals surface area contributed by atoms with E-state index < -0.39 is 10.0 Å². The molecule has 0 saturated heterocycles. The first-order valence-electron chi connectivity index (χ1n) is 7.20. The van der Waals surface area contributed by atoms with E-state index in [9.17, 15) is 8.42 Å². The molecule has 0 spiro atoms. The van der Waals surface area contributed by atoms with E-state index in [0.29, 0.717) is 15.4 Å². The molecular formula is C16H15BrN2O2S3. The Morgan fingerprint density at radius 3 is 2.67 bits per heavy atom. The number of rotatable bonds is 5. The van der Waals surface area contributed by atoms with E-state index in [-0.39, 0.29) is 4.90 Å². The number of thiazole rings is 1. The summed E-state index contributed by atoms with van der Waals surface area (Å²) in [6, 6.07) is 12.1. The Labute approximate surface area is 157 Å². The molecule has 24 heavy (non-hydrogen) atoms. The van der Waals surface area contributed by atoms with Gasteiger partial charge in [0.1, 0.15) is 4.90 Å². The van der Waals surface area contributed by atoms with Gasteiger partial charge >= 0.3 is 0 Å². The lowest BCUT2D eigenvalue weighted by Crippen LogP contribution is -2.13. The van der Waals surface area contributed by atoms with Crippen LogP contribution in [0.25, 0.3) is 10.2 Å². The SMILES string of the molecule is CC(C)Sc1nc2ccc(NS(=O)(=O)c3ccccc3Br)cc2s1. The molecule has 3 aromatic rings. The van der Waals surface area contributed by atoms with Crippen LogP contribution in [0.5, 0.6) is 0 Å². The molecule has 0 unspecified atom stereocenters.